The Morgan fingerprint density at radius 3 is 1.74 bits per heavy atom. The Labute approximate surface area is 202 Å². The van der Waals surface area contributed by atoms with Crippen molar-refractivity contribution in [2.24, 2.45) is 11.8 Å². The third kappa shape index (κ3) is 10.1. The summed E-state index contributed by atoms with van der Waals surface area (Å²) in [5, 5.41) is 19.4. The van der Waals surface area contributed by atoms with Gasteiger partial charge in [0.25, 0.3) is 5.91 Å². The first kappa shape index (κ1) is 29.5. The van der Waals surface area contributed by atoms with E-state index in [0.717, 1.165) is 24.3 Å². The van der Waals surface area contributed by atoms with Crippen LogP contribution in [-0.2, 0) is 4.79 Å². The Morgan fingerprint density at radius 2 is 1.34 bits per heavy atom. The molecule has 0 saturated heterocycles. The van der Waals surface area contributed by atoms with E-state index in [9.17, 15) is 27.9 Å². The van der Waals surface area contributed by atoms with Crippen LogP contribution in [0.15, 0.2) is 42.5 Å². The first-order valence-electron chi connectivity index (χ1n) is 10.9. The molecule has 3 N–H and O–H groups in total. The molecule has 0 saturated carbocycles. The number of hydrogen-bond donors (Lipinski definition) is 3. The lowest BCUT2D eigenvalue weighted by atomic mass is 10.1. The highest BCUT2D eigenvalue weighted by molar-refractivity contribution is 6.06. The molecule has 10 heteroatoms. The first-order chi connectivity index (χ1) is 16.1. The van der Waals surface area contributed by atoms with Crippen molar-refractivity contribution in [3.8, 4) is 0 Å². The molecule has 0 spiro atoms. The summed E-state index contributed by atoms with van der Waals surface area (Å²) in [6.45, 7) is 12.2. The van der Waals surface area contributed by atoms with E-state index in [1.165, 1.54) is 6.07 Å². The van der Waals surface area contributed by atoms with Gasteiger partial charge in [-0.15, -0.1) is 0 Å². The van der Waals surface area contributed by atoms with Crippen LogP contribution >= 0.6 is 0 Å². The van der Waals surface area contributed by atoms with Crippen molar-refractivity contribution in [1.29, 1.82) is 0 Å². The molecule has 0 atom stereocenters. The van der Waals surface area contributed by atoms with Crippen molar-refractivity contribution >= 4 is 29.2 Å². The number of nitrogens with one attached hydrogen (secondary N) is 1. The standard InChI is InChI=1S/C23H30N2O3.C2HF3O2/c1-15(2)13-25(14-16(3)4)21-11-10-19(23(27)28)12-20(21)24-22(26)18-8-6-17(5)7-9-18;3-2(4,5)1(6)7/h6-12,15-16H,13-14H2,1-5H3,(H,24,26)(H,27,28);(H,6,7). The molecule has 1 amide bonds. The van der Waals surface area contributed by atoms with E-state index in [1.807, 2.05) is 19.1 Å². The van der Waals surface area contributed by atoms with E-state index in [4.69, 9.17) is 9.90 Å². The smallest absolute Gasteiger partial charge is 0.478 e. The topological polar surface area (TPSA) is 107 Å². The average molecular weight is 497 g/mol. The van der Waals surface area contributed by atoms with Gasteiger partial charge in [0.05, 0.1) is 16.9 Å². The summed E-state index contributed by atoms with van der Waals surface area (Å²) in [5.74, 6) is -3.17. The number of aliphatic carboxylic acids is 1. The third-order valence-electron chi connectivity index (χ3n) is 4.56. The molecule has 0 aromatic heterocycles. The zero-order valence-electron chi connectivity index (χ0n) is 20.3. The van der Waals surface area contributed by atoms with Crippen LogP contribution in [-0.4, -0.2) is 47.3 Å². The first-order valence-corrected chi connectivity index (χ1v) is 10.9. The summed E-state index contributed by atoms with van der Waals surface area (Å²) in [6.07, 6.45) is -5.08. The Kier molecular flexibility index (Phi) is 10.8. The molecule has 0 bridgehead atoms. The molecule has 192 valence electrons. The highest BCUT2D eigenvalue weighted by Gasteiger charge is 2.38. The van der Waals surface area contributed by atoms with Crippen molar-refractivity contribution in [1.82, 2.24) is 0 Å². The van der Waals surface area contributed by atoms with Gasteiger partial charge in [-0.2, -0.15) is 13.2 Å². The van der Waals surface area contributed by atoms with Gasteiger partial charge in [0.1, 0.15) is 0 Å². The second-order valence-electron chi connectivity index (χ2n) is 8.85. The van der Waals surface area contributed by atoms with Crippen LogP contribution in [0, 0.1) is 18.8 Å². The van der Waals surface area contributed by atoms with E-state index in [2.05, 4.69) is 37.9 Å². The fourth-order valence-corrected chi connectivity index (χ4v) is 3.10. The van der Waals surface area contributed by atoms with Crippen molar-refractivity contribution in [2.45, 2.75) is 40.8 Å². The highest BCUT2D eigenvalue weighted by Crippen LogP contribution is 2.29. The molecule has 0 unspecified atom stereocenters. The van der Waals surface area contributed by atoms with Gasteiger partial charge in [0.15, 0.2) is 0 Å². The number of anilines is 2. The number of carbonyl (C=O) groups excluding carboxylic acids is 1. The van der Waals surface area contributed by atoms with Gasteiger partial charge in [0.2, 0.25) is 0 Å². The number of hydrogen-bond acceptors (Lipinski definition) is 4. The SMILES string of the molecule is Cc1ccc(C(=O)Nc2cc(C(=O)O)ccc2N(CC(C)C)CC(C)C)cc1.O=C(O)C(F)(F)F. The second-order valence-corrected chi connectivity index (χ2v) is 8.85. The number of rotatable bonds is 8. The zero-order valence-corrected chi connectivity index (χ0v) is 20.3. The van der Waals surface area contributed by atoms with Crippen LogP contribution in [0.1, 0.15) is 54.0 Å². The molecule has 0 aliphatic rings. The Hall–Kier alpha value is -3.56. The molecule has 2 aromatic carbocycles. The van der Waals surface area contributed by atoms with Gasteiger partial charge in [-0.1, -0.05) is 45.4 Å². The number of halogens is 3. The van der Waals surface area contributed by atoms with Gasteiger partial charge in [0, 0.05) is 18.7 Å². The third-order valence-corrected chi connectivity index (χ3v) is 4.56. The number of aromatic carboxylic acids is 1. The highest BCUT2D eigenvalue weighted by atomic mass is 19.4. The lowest BCUT2D eigenvalue weighted by Crippen LogP contribution is -2.32. The lowest BCUT2D eigenvalue weighted by molar-refractivity contribution is -0.192. The van der Waals surface area contributed by atoms with Gasteiger partial charge in [-0.25, -0.2) is 9.59 Å². The molecule has 0 aliphatic heterocycles. The maximum atomic E-state index is 12.7. The summed E-state index contributed by atoms with van der Waals surface area (Å²) >= 11 is 0. The van der Waals surface area contributed by atoms with E-state index >= 15 is 0 Å². The fourth-order valence-electron chi connectivity index (χ4n) is 3.10. The predicted molar refractivity (Wildman–Crippen MR) is 128 cm³/mol. The van der Waals surface area contributed by atoms with Crippen molar-refractivity contribution in [3.63, 3.8) is 0 Å². The van der Waals surface area contributed by atoms with Crippen molar-refractivity contribution in [2.75, 3.05) is 23.3 Å². The number of carboxylic acid groups (broad SMARTS) is 2. The molecule has 2 rings (SSSR count). The number of aryl methyl sites for hydroxylation is 1. The second kappa shape index (κ2) is 12.8. The Morgan fingerprint density at radius 1 is 0.886 bits per heavy atom. The van der Waals surface area contributed by atoms with E-state index < -0.39 is 18.1 Å². The fraction of sp³-hybridized carbons (Fsp3) is 0.400. The number of benzene rings is 2. The van der Waals surface area contributed by atoms with Crippen molar-refractivity contribution in [3.05, 3.63) is 59.2 Å². The largest absolute Gasteiger partial charge is 0.490 e. The maximum absolute atomic E-state index is 12.7. The van der Waals surface area contributed by atoms with E-state index in [1.54, 1.807) is 24.3 Å². The van der Waals surface area contributed by atoms with Crippen LogP contribution in [0.4, 0.5) is 24.5 Å². The molecule has 0 heterocycles. The molecule has 7 nitrogen and oxygen atoms in total. The van der Waals surface area contributed by atoms with Crippen LogP contribution in [0.3, 0.4) is 0 Å². The summed E-state index contributed by atoms with van der Waals surface area (Å²) in [5.41, 5.74) is 3.12. The molecular weight excluding hydrogens is 465 g/mol. The molecule has 0 fully saturated rings. The molecule has 2 aromatic rings. The summed E-state index contributed by atoms with van der Waals surface area (Å²) in [7, 11) is 0. The number of carbonyl (C=O) groups is 3. The number of nitrogens with zero attached hydrogens (tertiary/aromatic N) is 1. The van der Waals surface area contributed by atoms with Crippen LogP contribution in [0.25, 0.3) is 0 Å². The van der Waals surface area contributed by atoms with Gasteiger partial charge < -0.3 is 20.4 Å². The number of amides is 1. The predicted octanol–water partition coefficient (Wildman–Crippen LogP) is 5.70. The summed E-state index contributed by atoms with van der Waals surface area (Å²) < 4.78 is 31.7. The number of carboxylic acids is 2. The zero-order chi connectivity index (χ0) is 26.9. The average Bonchev–Trinajstić information content (AvgIpc) is 2.72. The Bertz CT molecular complexity index is 1010. The van der Waals surface area contributed by atoms with Gasteiger partial charge in [-0.3, -0.25) is 4.79 Å². The number of alkyl halides is 3. The van der Waals surface area contributed by atoms with Crippen LogP contribution in [0.2, 0.25) is 0 Å². The van der Waals surface area contributed by atoms with Gasteiger partial charge in [-0.05, 0) is 49.1 Å². The molecule has 35 heavy (non-hydrogen) atoms. The quantitative estimate of drug-likeness (QED) is 0.433. The van der Waals surface area contributed by atoms with E-state index in [-0.39, 0.29) is 11.5 Å². The molecule has 0 radical (unpaired) electrons. The molecular formula is C25H31F3N2O5. The van der Waals surface area contributed by atoms with E-state index in [0.29, 0.717) is 23.1 Å². The van der Waals surface area contributed by atoms with Crippen LogP contribution < -0.4 is 10.2 Å². The normalized spacial score (nSPS) is 11.0. The molecule has 0 aliphatic carbocycles. The van der Waals surface area contributed by atoms with Gasteiger partial charge >= 0.3 is 18.1 Å². The monoisotopic (exact) mass is 496 g/mol. The minimum Gasteiger partial charge on any atom is -0.478 e. The minimum atomic E-state index is -5.08. The van der Waals surface area contributed by atoms with Crippen molar-refractivity contribution < 1.29 is 37.8 Å². The minimum absolute atomic E-state index is 0.150. The Balaban J connectivity index is 0.000000762. The maximum Gasteiger partial charge on any atom is 0.490 e. The van der Waals surface area contributed by atoms with Crippen LogP contribution in [0.5, 0.6) is 0 Å². The summed E-state index contributed by atoms with van der Waals surface area (Å²) in [6, 6.07) is 12.2. The summed E-state index contributed by atoms with van der Waals surface area (Å²) in [4.78, 5) is 35.3. The lowest BCUT2D eigenvalue weighted by Gasteiger charge is -2.30.